The third-order valence-electron chi connectivity index (χ3n) is 4.43. The van der Waals surface area contributed by atoms with E-state index in [2.05, 4.69) is 10.3 Å². The molecule has 5 nitrogen and oxygen atoms in total. The number of para-hydroxylation sites is 1. The van der Waals surface area contributed by atoms with Gasteiger partial charge in [0.15, 0.2) is 0 Å². The Labute approximate surface area is 165 Å². The molecule has 0 saturated heterocycles. The molecule has 3 N–H and O–H groups in total. The van der Waals surface area contributed by atoms with Gasteiger partial charge in [-0.15, -0.1) is 11.3 Å². The fourth-order valence-electron chi connectivity index (χ4n) is 3.09. The molecule has 0 bridgehead atoms. The zero-order valence-corrected chi connectivity index (χ0v) is 15.6. The second kappa shape index (κ2) is 7.62. The van der Waals surface area contributed by atoms with E-state index in [4.69, 9.17) is 5.73 Å². The third kappa shape index (κ3) is 3.50. The van der Waals surface area contributed by atoms with Gasteiger partial charge in [0.1, 0.15) is 6.04 Å². The molecule has 138 valence electrons. The number of nitrogens with two attached hydrogens (primary N) is 1. The van der Waals surface area contributed by atoms with Crippen LogP contribution < -0.4 is 11.1 Å². The van der Waals surface area contributed by atoms with Crippen LogP contribution in [0.15, 0.2) is 78.2 Å². The van der Waals surface area contributed by atoms with Crippen LogP contribution in [0.2, 0.25) is 0 Å². The highest BCUT2D eigenvalue weighted by molar-refractivity contribution is 7.13. The van der Waals surface area contributed by atoms with Crippen LogP contribution in [0.25, 0.3) is 21.5 Å². The fraction of sp³-hybridized carbons (Fsp3) is 0.0455. The minimum absolute atomic E-state index is 0.371. The average Bonchev–Trinajstić information content (AvgIpc) is 3.26. The maximum absolute atomic E-state index is 13.1. The van der Waals surface area contributed by atoms with Gasteiger partial charge in [0, 0.05) is 5.39 Å². The van der Waals surface area contributed by atoms with Crippen molar-refractivity contribution in [1.82, 2.24) is 10.3 Å². The minimum atomic E-state index is -0.911. The number of carbonyl (C=O) groups is 2. The van der Waals surface area contributed by atoms with Crippen molar-refractivity contribution in [3.8, 4) is 10.6 Å². The van der Waals surface area contributed by atoms with Gasteiger partial charge >= 0.3 is 0 Å². The van der Waals surface area contributed by atoms with E-state index in [-0.39, 0.29) is 5.91 Å². The van der Waals surface area contributed by atoms with Gasteiger partial charge in [-0.3, -0.25) is 9.59 Å². The molecule has 0 fully saturated rings. The second-order valence-corrected chi connectivity index (χ2v) is 7.22. The summed E-state index contributed by atoms with van der Waals surface area (Å²) in [4.78, 5) is 30.7. The average molecular weight is 387 g/mol. The molecular weight excluding hydrogens is 370 g/mol. The van der Waals surface area contributed by atoms with Crippen molar-refractivity contribution in [2.24, 2.45) is 5.73 Å². The first-order valence-corrected chi connectivity index (χ1v) is 9.60. The van der Waals surface area contributed by atoms with Gasteiger partial charge in [-0.25, -0.2) is 4.98 Å². The highest BCUT2D eigenvalue weighted by Gasteiger charge is 2.22. The van der Waals surface area contributed by atoms with Crippen molar-refractivity contribution in [2.75, 3.05) is 0 Å². The number of hydrogen-bond donors (Lipinski definition) is 2. The lowest BCUT2D eigenvalue weighted by Crippen LogP contribution is -2.37. The van der Waals surface area contributed by atoms with E-state index in [0.717, 1.165) is 10.3 Å². The standard InChI is InChI=1S/C22H17N3O2S/c23-21(26)20(14-7-2-1-3-8-14)25-22(27)16-13-18(19-11-6-12-28-19)24-17-10-5-4-9-15(16)17/h1-13,20H,(H2,23,26)(H,25,27)/t20-/m0/s1. The first-order valence-electron chi connectivity index (χ1n) is 8.72. The number of amides is 2. The molecular formula is C22H17N3O2S. The first kappa shape index (κ1) is 17.9. The number of rotatable bonds is 5. The van der Waals surface area contributed by atoms with Gasteiger partial charge in [0.25, 0.3) is 5.91 Å². The van der Waals surface area contributed by atoms with Gasteiger partial charge in [-0.2, -0.15) is 0 Å². The fourth-order valence-corrected chi connectivity index (χ4v) is 3.77. The van der Waals surface area contributed by atoms with E-state index in [9.17, 15) is 9.59 Å². The molecule has 1 atom stereocenters. The molecule has 0 saturated carbocycles. The zero-order chi connectivity index (χ0) is 19.5. The first-order chi connectivity index (χ1) is 13.6. The number of carbonyl (C=O) groups excluding carboxylic acids is 2. The smallest absolute Gasteiger partial charge is 0.252 e. The Kier molecular flexibility index (Phi) is 4.87. The largest absolute Gasteiger partial charge is 0.368 e. The molecule has 0 aliphatic rings. The molecule has 0 radical (unpaired) electrons. The summed E-state index contributed by atoms with van der Waals surface area (Å²) in [5.74, 6) is -0.986. The van der Waals surface area contributed by atoms with E-state index >= 15 is 0 Å². The highest BCUT2D eigenvalue weighted by Crippen LogP contribution is 2.28. The van der Waals surface area contributed by atoms with E-state index in [1.807, 2.05) is 47.8 Å². The third-order valence-corrected chi connectivity index (χ3v) is 5.32. The maximum atomic E-state index is 13.1. The van der Waals surface area contributed by atoms with Crippen LogP contribution in [0, 0.1) is 0 Å². The van der Waals surface area contributed by atoms with E-state index < -0.39 is 11.9 Å². The molecule has 2 aromatic carbocycles. The lowest BCUT2D eigenvalue weighted by molar-refractivity contribution is -0.120. The van der Waals surface area contributed by atoms with Crippen molar-refractivity contribution in [3.63, 3.8) is 0 Å². The number of nitrogens with one attached hydrogen (secondary N) is 1. The van der Waals surface area contributed by atoms with Gasteiger partial charge < -0.3 is 11.1 Å². The topological polar surface area (TPSA) is 85.1 Å². The highest BCUT2D eigenvalue weighted by atomic mass is 32.1. The summed E-state index contributed by atoms with van der Waals surface area (Å²) < 4.78 is 0. The van der Waals surface area contributed by atoms with Gasteiger partial charge in [0.05, 0.1) is 21.7 Å². The molecule has 4 aromatic rings. The van der Waals surface area contributed by atoms with E-state index in [1.165, 1.54) is 0 Å². The van der Waals surface area contributed by atoms with Gasteiger partial charge in [0.2, 0.25) is 5.91 Å². The molecule has 0 aliphatic heterocycles. The summed E-state index contributed by atoms with van der Waals surface area (Å²) in [6.07, 6.45) is 0. The van der Waals surface area contributed by atoms with Crippen LogP contribution in [-0.2, 0) is 4.79 Å². The van der Waals surface area contributed by atoms with Crippen LogP contribution in [0.1, 0.15) is 22.0 Å². The monoisotopic (exact) mass is 387 g/mol. The normalized spacial score (nSPS) is 11.9. The van der Waals surface area contributed by atoms with Gasteiger partial charge in [-0.05, 0) is 29.1 Å². The van der Waals surface area contributed by atoms with Crippen LogP contribution in [-0.4, -0.2) is 16.8 Å². The number of primary amides is 1. The van der Waals surface area contributed by atoms with E-state index in [1.54, 1.807) is 41.7 Å². The van der Waals surface area contributed by atoms with Crippen molar-refractivity contribution < 1.29 is 9.59 Å². The molecule has 4 rings (SSSR count). The van der Waals surface area contributed by atoms with Crippen LogP contribution in [0.4, 0.5) is 0 Å². The van der Waals surface area contributed by atoms with Crippen molar-refractivity contribution in [2.45, 2.75) is 6.04 Å². The molecule has 2 amide bonds. The quantitative estimate of drug-likeness (QED) is 0.544. The molecule has 6 heteroatoms. The van der Waals surface area contributed by atoms with Gasteiger partial charge in [-0.1, -0.05) is 54.6 Å². The summed E-state index contributed by atoms with van der Waals surface area (Å²) in [6, 6.07) is 21.2. The molecule has 2 aromatic heterocycles. The van der Waals surface area contributed by atoms with Crippen molar-refractivity contribution in [3.05, 3.63) is 89.3 Å². The number of benzene rings is 2. The number of hydrogen-bond acceptors (Lipinski definition) is 4. The predicted octanol–water partition coefficient (Wildman–Crippen LogP) is 3.92. The summed E-state index contributed by atoms with van der Waals surface area (Å²) >= 11 is 1.55. The predicted molar refractivity (Wildman–Crippen MR) is 111 cm³/mol. The van der Waals surface area contributed by atoms with Crippen LogP contribution in [0.3, 0.4) is 0 Å². The molecule has 0 spiro atoms. The molecule has 0 aliphatic carbocycles. The van der Waals surface area contributed by atoms with Crippen LogP contribution in [0.5, 0.6) is 0 Å². The molecule has 28 heavy (non-hydrogen) atoms. The second-order valence-electron chi connectivity index (χ2n) is 6.27. The summed E-state index contributed by atoms with van der Waals surface area (Å²) in [5, 5.41) is 5.46. The molecule has 0 unspecified atom stereocenters. The van der Waals surface area contributed by atoms with Crippen molar-refractivity contribution in [1.29, 1.82) is 0 Å². The molecule has 2 heterocycles. The Balaban J connectivity index is 1.77. The number of aromatic nitrogens is 1. The summed E-state index contributed by atoms with van der Waals surface area (Å²) in [5.41, 5.74) is 8.08. The van der Waals surface area contributed by atoms with Crippen LogP contribution >= 0.6 is 11.3 Å². The minimum Gasteiger partial charge on any atom is -0.368 e. The number of fused-ring (bicyclic) bond motifs is 1. The number of thiophene rings is 1. The number of nitrogens with zero attached hydrogens (tertiary/aromatic N) is 1. The Hall–Kier alpha value is -3.51. The zero-order valence-electron chi connectivity index (χ0n) is 14.8. The lowest BCUT2D eigenvalue weighted by Gasteiger charge is -2.17. The Morgan fingerprint density at radius 3 is 2.43 bits per heavy atom. The van der Waals surface area contributed by atoms with E-state index in [0.29, 0.717) is 22.3 Å². The number of pyridine rings is 1. The maximum Gasteiger partial charge on any atom is 0.252 e. The SMILES string of the molecule is NC(=O)[C@@H](NC(=O)c1cc(-c2cccs2)nc2ccccc12)c1ccccc1. The summed E-state index contributed by atoms with van der Waals surface area (Å²) in [7, 11) is 0. The Bertz CT molecular complexity index is 1140. The summed E-state index contributed by atoms with van der Waals surface area (Å²) in [6.45, 7) is 0. The Morgan fingerprint density at radius 2 is 1.71 bits per heavy atom. The van der Waals surface area contributed by atoms with Crippen molar-refractivity contribution >= 4 is 34.1 Å². The Morgan fingerprint density at radius 1 is 0.964 bits per heavy atom. The lowest BCUT2D eigenvalue weighted by atomic mass is 10.0.